The van der Waals surface area contributed by atoms with Gasteiger partial charge in [0.1, 0.15) is 5.82 Å². The third-order valence-corrected chi connectivity index (χ3v) is 4.36. The van der Waals surface area contributed by atoms with Crippen LogP contribution >= 0.6 is 15.9 Å². The van der Waals surface area contributed by atoms with Crippen LogP contribution < -0.4 is 0 Å². The Morgan fingerprint density at radius 3 is 2.62 bits per heavy atom. The van der Waals surface area contributed by atoms with Crippen molar-refractivity contribution in [1.29, 1.82) is 0 Å². The van der Waals surface area contributed by atoms with Crippen LogP contribution in [0.2, 0.25) is 0 Å². The van der Waals surface area contributed by atoms with Crippen LogP contribution in [0.3, 0.4) is 0 Å². The zero-order chi connectivity index (χ0) is 15.1. The topological polar surface area (TPSA) is 55.1 Å². The second kappa shape index (κ2) is 5.00. The molecule has 0 bridgehead atoms. The van der Waals surface area contributed by atoms with Crippen LogP contribution in [0.1, 0.15) is 21.7 Å². The number of rotatable bonds is 2. The van der Waals surface area contributed by atoms with Crippen LogP contribution in [0.15, 0.2) is 40.9 Å². The summed E-state index contributed by atoms with van der Waals surface area (Å²) >= 11 is 3.50. The molecule has 1 aromatic heterocycles. The number of carbonyl (C=O) groups is 1. The average molecular weight is 345 g/mol. The van der Waals surface area contributed by atoms with E-state index in [1.807, 2.05) is 30.5 Å². The van der Waals surface area contributed by atoms with Gasteiger partial charge in [-0.05, 0) is 55.8 Å². The second-order valence-electron chi connectivity index (χ2n) is 4.94. The first kappa shape index (κ1) is 13.8. The number of carboxylic acid groups (broad SMARTS) is 1. The van der Waals surface area contributed by atoms with Crippen molar-refractivity contribution in [2.24, 2.45) is 0 Å². The lowest BCUT2D eigenvalue weighted by Gasteiger charge is -2.09. The number of halogens is 1. The van der Waals surface area contributed by atoms with Crippen LogP contribution in [-0.4, -0.2) is 20.6 Å². The van der Waals surface area contributed by atoms with E-state index >= 15 is 0 Å². The zero-order valence-electron chi connectivity index (χ0n) is 11.6. The van der Waals surface area contributed by atoms with Crippen molar-refractivity contribution >= 4 is 32.9 Å². The highest BCUT2D eigenvalue weighted by atomic mass is 79.9. The molecule has 0 fully saturated rings. The molecule has 0 amide bonds. The molecule has 5 heteroatoms. The van der Waals surface area contributed by atoms with Gasteiger partial charge in [-0.2, -0.15) is 0 Å². The molecule has 4 nitrogen and oxygen atoms in total. The first-order valence-electron chi connectivity index (χ1n) is 6.46. The fourth-order valence-electron chi connectivity index (χ4n) is 2.43. The van der Waals surface area contributed by atoms with Crippen LogP contribution in [0.25, 0.3) is 16.7 Å². The third kappa shape index (κ3) is 2.34. The van der Waals surface area contributed by atoms with E-state index in [0.29, 0.717) is 5.52 Å². The summed E-state index contributed by atoms with van der Waals surface area (Å²) in [5.41, 5.74) is 3.99. The van der Waals surface area contributed by atoms with Crippen LogP contribution in [0.4, 0.5) is 0 Å². The van der Waals surface area contributed by atoms with Gasteiger partial charge in [0.15, 0.2) is 0 Å². The summed E-state index contributed by atoms with van der Waals surface area (Å²) in [6.45, 7) is 3.95. The lowest BCUT2D eigenvalue weighted by molar-refractivity contribution is 0.0697. The minimum atomic E-state index is -0.941. The largest absolute Gasteiger partial charge is 0.478 e. The molecular weight excluding hydrogens is 332 g/mol. The number of aryl methyl sites for hydroxylation is 2. The zero-order valence-corrected chi connectivity index (χ0v) is 13.2. The summed E-state index contributed by atoms with van der Waals surface area (Å²) in [5, 5.41) is 9.06. The Bertz CT molecular complexity index is 868. The van der Waals surface area contributed by atoms with Crippen LogP contribution in [0, 0.1) is 13.8 Å². The normalized spacial score (nSPS) is 11.0. The molecule has 0 radical (unpaired) electrons. The van der Waals surface area contributed by atoms with Gasteiger partial charge in [-0.15, -0.1) is 0 Å². The molecule has 106 valence electrons. The Labute approximate surface area is 130 Å². The number of imidazole rings is 1. The van der Waals surface area contributed by atoms with E-state index in [9.17, 15) is 4.79 Å². The fourth-order valence-corrected chi connectivity index (χ4v) is 2.67. The monoisotopic (exact) mass is 344 g/mol. The van der Waals surface area contributed by atoms with E-state index in [0.717, 1.165) is 27.1 Å². The van der Waals surface area contributed by atoms with Gasteiger partial charge in [0.05, 0.1) is 16.6 Å². The summed E-state index contributed by atoms with van der Waals surface area (Å²) in [5.74, 6) is -0.113. The predicted octanol–water partition coefficient (Wildman–Crippen LogP) is 4.10. The number of aromatic carboxylic acids is 1. The maximum Gasteiger partial charge on any atom is 0.335 e. The molecule has 1 N–H and O–H groups in total. The highest BCUT2D eigenvalue weighted by Gasteiger charge is 2.12. The standard InChI is InChI=1S/C16H13BrN2O2/c1-9-7-12(4-5-13(9)17)19-10(2)18-14-8-11(16(20)21)3-6-15(14)19/h3-8H,1-2H3,(H,20,21). The molecule has 21 heavy (non-hydrogen) atoms. The van der Waals surface area contributed by atoms with Gasteiger partial charge in [0, 0.05) is 10.2 Å². The van der Waals surface area contributed by atoms with Crippen molar-refractivity contribution in [2.45, 2.75) is 13.8 Å². The molecule has 0 atom stereocenters. The molecule has 0 aliphatic carbocycles. The van der Waals surface area contributed by atoms with Crippen LogP contribution in [0.5, 0.6) is 0 Å². The van der Waals surface area contributed by atoms with Gasteiger partial charge in [-0.1, -0.05) is 15.9 Å². The van der Waals surface area contributed by atoms with E-state index in [1.165, 1.54) is 0 Å². The minimum Gasteiger partial charge on any atom is -0.478 e. The van der Waals surface area contributed by atoms with Crippen molar-refractivity contribution in [3.05, 3.63) is 57.8 Å². The maximum atomic E-state index is 11.0. The average Bonchev–Trinajstić information content (AvgIpc) is 2.76. The Balaban J connectivity index is 2.25. The Morgan fingerprint density at radius 1 is 1.19 bits per heavy atom. The molecule has 0 aliphatic heterocycles. The Hall–Kier alpha value is -2.14. The van der Waals surface area contributed by atoms with Crippen molar-refractivity contribution in [1.82, 2.24) is 9.55 Å². The van der Waals surface area contributed by atoms with Crippen molar-refractivity contribution < 1.29 is 9.90 Å². The van der Waals surface area contributed by atoms with Crippen molar-refractivity contribution in [3.63, 3.8) is 0 Å². The lowest BCUT2D eigenvalue weighted by atomic mass is 10.2. The maximum absolute atomic E-state index is 11.0. The fraction of sp³-hybridized carbons (Fsp3) is 0.125. The molecule has 3 rings (SSSR count). The van der Waals surface area contributed by atoms with Crippen LogP contribution in [-0.2, 0) is 0 Å². The highest BCUT2D eigenvalue weighted by molar-refractivity contribution is 9.10. The Kier molecular flexibility index (Phi) is 3.29. The lowest BCUT2D eigenvalue weighted by Crippen LogP contribution is -1.98. The number of fused-ring (bicyclic) bond motifs is 1. The van der Waals surface area contributed by atoms with E-state index in [4.69, 9.17) is 5.11 Å². The van der Waals surface area contributed by atoms with Gasteiger partial charge in [0.2, 0.25) is 0 Å². The smallest absolute Gasteiger partial charge is 0.335 e. The van der Waals surface area contributed by atoms with Gasteiger partial charge in [0.25, 0.3) is 0 Å². The number of carboxylic acids is 1. The van der Waals surface area contributed by atoms with E-state index < -0.39 is 5.97 Å². The molecule has 0 spiro atoms. The molecule has 0 saturated carbocycles. The predicted molar refractivity (Wildman–Crippen MR) is 85.2 cm³/mol. The second-order valence-corrected chi connectivity index (χ2v) is 5.79. The number of hydrogen-bond acceptors (Lipinski definition) is 2. The SMILES string of the molecule is Cc1cc(-n2c(C)nc3cc(C(=O)O)ccc32)ccc1Br. The summed E-state index contributed by atoms with van der Waals surface area (Å²) in [6, 6.07) is 11.1. The summed E-state index contributed by atoms with van der Waals surface area (Å²) < 4.78 is 3.09. The van der Waals surface area contributed by atoms with Gasteiger partial charge in [-0.3, -0.25) is 4.57 Å². The van der Waals surface area contributed by atoms with E-state index in [-0.39, 0.29) is 5.56 Å². The molecule has 0 aliphatic rings. The third-order valence-electron chi connectivity index (χ3n) is 3.47. The van der Waals surface area contributed by atoms with E-state index in [2.05, 4.69) is 27.0 Å². The number of aromatic nitrogens is 2. The van der Waals surface area contributed by atoms with Crippen molar-refractivity contribution in [3.8, 4) is 5.69 Å². The number of benzene rings is 2. The Morgan fingerprint density at radius 2 is 1.95 bits per heavy atom. The quantitative estimate of drug-likeness (QED) is 0.761. The summed E-state index contributed by atoms with van der Waals surface area (Å²) in [4.78, 5) is 15.5. The first-order valence-corrected chi connectivity index (χ1v) is 7.25. The van der Waals surface area contributed by atoms with Gasteiger partial charge >= 0.3 is 5.97 Å². The molecule has 2 aromatic carbocycles. The molecule has 3 aromatic rings. The first-order chi connectivity index (χ1) is 9.97. The van der Waals surface area contributed by atoms with Gasteiger partial charge in [-0.25, -0.2) is 9.78 Å². The van der Waals surface area contributed by atoms with E-state index in [1.54, 1.807) is 18.2 Å². The van der Waals surface area contributed by atoms with Crippen molar-refractivity contribution in [2.75, 3.05) is 0 Å². The minimum absolute atomic E-state index is 0.249. The van der Waals surface area contributed by atoms with Gasteiger partial charge < -0.3 is 5.11 Å². The molecule has 1 heterocycles. The summed E-state index contributed by atoms with van der Waals surface area (Å²) in [7, 11) is 0. The molecule has 0 saturated heterocycles. The number of nitrogens with zero attached hydrogens (tertiary/aromatic N) is 2. The molecule has 0 unspecified atom stereocenters. The highest BCUT2D eigenvalue weighted by Crippen LogP contribution is 2.25. The molecular formula is C16H13BrN2O2. The number of hydrogen-bond donors (Lipinski definition) is 1. The summed E-state index contributed by atoms with van der Waals surface area (Å²) in [6.07, 6.45) is 0.